The molecule has 2 aromatic rings. The maximum Gasteiger partial charge on any atom is 0.355 e. The second-order valence-corrected chi connectivity index (χ2v) is 9.56. The Balaban J connectivity index is 1.75. The van der Waals surface area contributed by atoms with Crippen LogP contribution in [0.4, 0.5) is 0 Å². The second-order valence-electron chi connectivity index (χ2n) is 9.56. The molecule has 2 N–H and O–H groups in total. The highest BCUT2D eigenvalue weighted by molar-refractivity contribution is 6.46. The third-order valence-corrected chi connectivity index (χ3v) is 7.21. The smallest absolute Gasteiger partial charge is 0.355 e. The fourth-order valence-electron chi connectivity index (χ4n) is 5.30. The zero-order valence-electron chi connectivity index (χ0n) is 22.3. The van der Waals surface area contributed by atoms with Crippen molar-refractivity contribution < 1.29 is 38.6 Å². The number of aryl methyl sites for hydroxylation is 1. The molecule has 10 heteroatoms. The second kappa shape index (κ2) is 11.8. The van der Waals surface area contributed by atoms with Crippen molar-refractivity contribution in [3.8, 4) is 5.75 Å². The number of nitrogens with zero attached hydrogens (tertiary/aromatic N) is 1. The first-order chi connectivity index (χ1) is 18.3. The van der Waals surface area contributed by atoms with Gasteiger partial charge in [-0.1, -0.05) is 17.9 Å². The molecule has 1 amide bonds. The van der Waals surface area contributed by atoms with Crippen molar-refractivity contribution in [1.82, 2.24) is 9.88 Å². The number of carbonyl (C=O) groups excluding carboxylic acids is 3. The summed E-state index contributed by atoms with van der Waals surface area (Å²) in [6, 6.07) is 6.20. The van der Waals surface area contributed by atoms with Gasteiger partial charge in [-0.3, -0.25) is 9.59 Å². The van der Waals surface area contributed by atoms with Crippen LogP contribution in [0.2, 0.25) is 0 Å². The fraction of sp³-hybridized carbons (Fsp3) is 0.464. The van der Waals surface area contributed by atoms with Crippen LogP contribution >= 0.6 is 0 Å². The highest BCUT2D eigenvalue weighted by Crippen LogP contribution is 2.40. The Morgan fingerprint density at radius 2 is 1.97 bits per heavy atom. The molecular weight excluding hydrogens is 490 g/mol. The molecule has 0 saturated carbocycles. The van der Waals surface area contributed by atoms with Crippen LogP contribution in [0.5, 0.6) is 5.75 Å². The summed E-state index contributed by atoms with van der Waals surface area (Å²) in [5.41, 5.74) is 1.68. The number of carbonyl (C=O) groups is 3. The van der Waals surface area contributed by atoms with Crippen molar-refractivity contribution in [1.29, 1.82) is 0 Å². The molecule has 2 aliphatic rings. The van der Waals surface area contributed by atoms with E-state index in [0.717, 1.165) is 19.6 Å². The van der Waals surface area contributed by atoms with Gasteiger partial charge in [0.25, 0.3) is 5.91 Å². The Morgan fingerprint density at radius 1 is 1.24 bits per heavy atom. The van der Waals surface area contributed by atoms with Crippen molar-refractivity contribution >= 4 is 23.4 Å². The number of morpholine rings is 1. The summed E-state index contributed by atoms with van der Waals surface area (Å²) in [6.07, 6.45) is 0.672. The number of aromatic amines is 1. The molecule has 38 heavy (non-hydrogen) atoms. The Labute approximate surface area is 222 Å². The third kappa shape index (κ3) is 5.32. The molecule has 0 bridgehead atoms. The number of methoxy groups -OCH3 is 1. The first-order valence-electron chi connectivity index (χ1n) is 13.0. The van der Waals surface area contributed by atoms with Gasteiger partial charge in [-0.2, -0.15) is 0 Å². The number of H-pyrrole nitrogens is 1. The maximum atomic E-state index is 14.0. The zero-order valence-corrected chi connectivity index (χ0v) is 22.3. The van der Waals surface area contributed by atoms with Gasteiger partial charge < -0.3 is 34.1 Å². The van der Waals surface area contributed by atoms with Crippen LogP contribution in [0.1, 0.15) is 52.3 Å². The summed E-state index contributed by atoms with van der Waals surface area (Å²) in [5, 5.41) is 14.0. The van der Waals surface area contributed by atoms with Crippen molar-refractivity contribution in [3.05, 3.63) is 57.9 Å². The van der Waals surface area contributed by atoms with E-state index in [9.17, 15) is 19.5 Å². The van der Waals surface area contributed by atoms with Crippen LogP contribution in [0.3, 0.4) is 0 Å². The monoisotopic (exact) mass is 525 g/mol. The molecule has 1 unspecified atom stereocenters. The molecule has 204 valence electrons. The summed E-state index contributed by atoms with van der Waals surface area (Å²) in [4.78, 5) is 44.9. The molecule has 3 heterocycles. The molecule has 0 aliphatic carbocycles. The molecular formula is C28H35N3O7. The van der Waals surface area contributed by atoms with E-state index >= 15 is 0 Å². The fourth-order valence-corrected chi connectivity index (χ4v) is 5.30. The number of aromatic nitrogens is 1. The molecule has 2 aliphatic heterocycles. The van der Waals surface area contributed by atoms with Crippen LogP contribution in [-0.4, -0.2) is 80.7 Å². The zero-order chi connectivity index (χ0) is 27.4. The van der Waals surface area contributed by atoms with E-state index in [0.29, 0.717) is 48.7 Å². The average Bonchev–Trinajstić information content (AvgIpc) is 3.36. The van der Waals surface area contributed by atoms with Crippen molar-refractivity contribution in [2.45, 2.75) is 33.2 Å². The number of hydrogen-bond donors (Lipinski definition) is 2. The Morgan fingerprint density at radius 3 is 2.66 bits per heavy atom. The number of benzene rings is 1. The molecule has 2 fully saturated rings. The summed E-state index contributed by atoms with van der Waals surface area (Å²) in [6.45, 7) is 9.54. The quantitative estimate of drug-likeness (QED) is 0.209. The average molecular weight is 526 g/mol. The van der Waals surface area contributed by atoms with E-state index < -0.39 is 29.5 Å². The predicted octanol–water partition coefficient (Wildman–Crippen LogP) is 0.346. The van der Waals surface area contributed by atoms with Gasteiger partial charge in [0, 0.05) is 24.2 Å². The minimum atomic E-state index is -0.864. The van der Waals surface area contributed by atoms with Gasteiger partial charge in [0.1, 0.15) is 24.5 Å². The predicted molar refractivity (Wildman–Crippen MR) is 137 cm³/mol. The van der Waals surface area contributed by atoms with E-state index in [1.54, 1.807) is 45.0 Å². The Kier molecular flexibility index (Phi) is 8.53. The van der Waals surface area contributed by atoms with Crippen LogP contribution in [0.25, 0.3) is 5.76 Å². The Hall–Kier alpha value is -3.63. The van der Waals surface area contributed by atoms with Gasteiger partial charge in [0.2, 0.25) is 5.78 Å². The van der Waals surface area contributed by atoms with Gasteiger partial charge >= 0.3 is 5.97 Å². The van der Waals surface area contributed by atoms with Crippen LogP contribution in [0.15, 0.2) is 29.8 Å². The van der Waals surface area contributed by atoms with Crippen molar-refractivity contribution in [2.75, 3.05) is 53.1 Å². The van der Waals surface area contributed by atoms with Gasteiger partial charge in [-0.15, -0.1) is 0 Å². The van der Waals surface area contributed by atoms with E-state index in [1.165, 1.54) is 16.9 Å². The number of amides is 1. The highest BCUT2D eigenvalue weighted by atomic mass is 16.5. The van der Waals surface area contributed by atoms with Crippen LogP contribution in [0, 0.1) is 13.8 Å². The summed E-state index contributed by atoms with van der Waals surface area (Å²) in [5.74, 6) is -2.12. The van der Waals surface area contributed by atoms with Crippen LogP contribution in [-0.2, 0) is 19.1 Å². The topological polar surface area (TPSA) is 125 Å². The third-order valence-electron chi connectivity index (χ3n) is 7.21. The standard InChI is InChI=1S/C28H35N3O7/c1-5-38-28(35)23-17(2)21(18(3)29-23)25(32)22-24(19-8-6-9-20(16-19)36-4)31(27(34)26(22)33)11-7-10-30-12-14-37-15-13-30/h6,8-9,16,24,29,32H,5,7,10-15H2,1-4H3. The maximum absolute atomic E-state index is 14.0. The van der Waals surface area contributed by atoms with E-state index in [-0.39, 0.29) is 23.4 Å². The van der Waals surface area contributed by atoms with Gasteiger partial charge in [0.15, 0.2) is 0 Å². The number of ketones is 1. The SMILES string of the molecule is CCOC(=O)c1[nH]c(C)c(C([O-])=C2C(=O)C(=O)N(CCC[NH+]3CCOCC3)C2c2cccc(OC)c2)c1C. The summed E-state index contributed by atoms with van der Waals surface area (Å²) in [7, 11) is 1.53. The summed E-state index contributed by atoms with van der Waals surface area (Å²) < 4.78 is 15.9. The number of likely N-dealkylation sites (tertiary alicyclic amines) is 1. The van der Waals surface area contributed by atoms with E-state index in [2.05, 4.69) is 4.98 Å². The Bertz CT molecular complexity index is 1240. The largest absolute Gasteiger partial charge is 0.872 e. The molecule has 0 spiro atoms. The summed E-state index contributed by atoms with van der Waals surface area (Å²) >= 11 is 0. The molecule has 1 aromatic carbocycles. The number of quaternary nitrogens is 1. The minimum absolute atomic E-state index is 0.123. The number of nitrogens with one attached hydrogen (secondary N) is 2. The van der Waals surface area contributed by atoms with Gasteiger partial charge in [-0.05, 0) is 49.6 Å². The van der Waals surface area contributed by atoms with Crippen LogP contribution < -0.4 is 14.7 Å². The lowest BCUT2D eigenvalue weighted by Crippen LogP contribution is -3.14. The van der Waals surface area contributed by atoms with E-state index in [4.69, 9.17) is 14.2 Å². The number of esters is 1. The lowest BCUT2D eigenvalue weighted by molar-refractivity contribution is -0.908. The van der Waals surface area contributed by atoms with Crippen molar-refractivity contribution in [2.24, 2.45) is 0 Å². The lowest BCUT2D eigenvalue weighted by Gasteiger charge is -2.29. The highest BCUT2D eigenvalue weighted by Gasteiger charge is 2.44. The molecule has 1 aromatic heterocycles. The molecule has 4 rings (SSSR count). The molecule has 10 nitrogen and oxygen atoms in total. The minimum Gasteiger partial charge on any atom is -0.872 e. The normalized spacial score (nSPS) is 19.7. The molecule has 2 saturated heterocycles. The lowest BCUT2D eigenvalue weighted by atomic mass is 9.94. The first-order valence-corrected chi connectivity index (χ1v) is 13.0. The number of ether oxygens (including phenoxy) is 3. The molecule has 0 radical (unpaired) electrons. The number of hydrogen-bond acceptors (Lipinski definition) is 7. The number of Topliss-reactive ketones (excluding diaryl/α,β-unsaturated/α-hetero) is 1. The van der Waals surface area contributed by atoms with Gasteiger partial charge in [0.05, 0.1) is 39.5 Å². The number of rotatable bonds is 9. The van der Waals surface area contributed by atoms with Gasteiger partial charge in [-0.25, -0.2) is 4.79 Å². The first kappa shape index (κ1) is 27.4. The molecule has 1 atom stereocenters. The van der Waals surface area contributed by atoms with E-state index in [1.807, 2.05) is 0 Å². The van der Waals surface area contributed by atoms with Crippen molar-refractivity contribution in [3.63, 3.8) is 0 Å².